The Morgan fingerprint density at radius 2 is 1.97 bits per heavy atom. The van der Waals surface area contributed by atoms with E-state index in [4.69, 9.17) is 0 Å². The Balaban J connectivity index is 1.95. The summed E-state index contributed by atoms with van der Waals surface area (Å²) in [5, 5.41) is 4.17. The van der Waals surface area contributed by atoms with Gasteiger partial charge in [-0.05, 0) is 44.5 Å². The van der Waals surface area contributed by atoms with Crippen LogP contribution in [0.15, 0.2) is 47.5 Å². The zero-order chi connectivity index (χ0) is 23.5. The molecule has 1 aliphatic heterocycles. The van der Waals surface area contributed by atoms with Crippen molar-refractivity contribution in [2.75, 3.05) is 44.7 Å². The minimum Gasteiger partial charge on any atom is -0.374 e. The fourth-order valence-corrected chi connectivity index (χ4v) is 4.59. The van der Waals surface area contributed by atoms with E-state index >= 15 is 0 Å². The molecule has 0 bridgehead atoms. The summed E-state index contributed by atoms with van der Waals surface area (Å²) in [6.45, 7) is 10.5. The number of allylic oxidation sites excluding steroid dienone is 2. The highest BCUT2D eigenvalue weighted by Gasteiger charge is 2.23. The van der Waals surface area contributed by atoms with E-state index in [0.717, 1.165) is 47.4 Å². The van der Waals surface area contributed by atoms with Crippen molar-refractivity contribution in [3.8, 4) is 11.1 Å². The first-order valence-corrected chi connectivity index (χ1v) is 11.6. The lowest BCUT2D eigenvalue weighted by molar-refractivity contribution is 0.0736. The molecule has 2 N–H and O–H groups in total. The van der Waals surface area contributed by atoms with Crippen LogP contribution in [-0.2, 0) is 6.54 Å². The Bertz CT molecular complexity index is 1250. The number of fused-ring (bicyclic) bond motifs is 1. The Morgan fingerprint density at radius 1 is 1.21 bits per heavy atom. The molecule has 1 aromatic carbocycles. The number of aromatic amines is 1. The molecule has 1 amide bonds. The number of nitrogens with one attached hydrogen (secondary N) is 2. The van der Waals surface area contributed by atoms with Gasteiger partial charge >= 0.3 is 0 Å². The third-order valence-corrected chi connectivity index (χ3v) is 6.43. The summed E-state index contributed by atoms with van der Waals surface area (Å²) in [7, 11) is 2.06. The van der Waals surface area contributed by atoms with Crippen LogP contribution in [0.25, 0.3) is 22.0 Å². The van der Waals surface area contributed by atoms with Crippen molar-refractivity contribution in [2.45, 2.75) is 27.3 Å². The molecule has 0 spiro atoms. The molecule has 174 valence electrons. The number of rotatable bonds is 6. The van der Waals surface area contributed by atoms with Crippen LogP contribution in [0.1, 0.15) is 29.8 Å². The monoisotopic (exact) mass is 447 g/mol. The molecule has 4 rings (SSSR count). The predicted octanol–water partition coefficient (Wildman–Crippen LogP) is 3.38. The van der Waals surface area contributed by atoms with Crippen molar-refractivity contribution in [3.05, 3.63) is 64.2 Å². The fourth-order valence-electron chi connectivity index (χ4n) is 4.59. The van der Waals surface area contributed by atoms with E-state index in [2.05, 4.69) is 36.1 Å². The van der Waals surface area contributed by atoms with Gasteiger partial charge in [0.2, 0.25) is 0 Å². The molecule has 1 fully saturated rings. The first-order chi connectivity index (χ1) is 16.0. The summed E-state index contributed by atoms with van der Waals surface area (Å²) >= 11 is 0. The maximum Gasteiger partial charge on any atom is 0.275 e. The standard InChI is InChI=1S/C26H33N5O2/c1-5-7-12-31-17-22(20-8-9-28-23(20)26(31)33)21-16-19(15-18(3)24(21)29(4)6-2)25(32)30-13-10-27-11-14-30/h5,7-9,15-17,27-28H,6,10-14H2,1-4H3/b7-5+. The Labute approximate surface area is 194 Å². The van der Waals surface area contributed by atoms with E-state index in [-0.39, 0.29) is 11.5 Å². The van der Waals surface area contributed by atoms with Crippen LogP contribution >= 0.6 is 0 Å². The lowest BCUT2D eigenvalue weighted by Gasteiger charge is -2.29. The lowest BCUT2D eigenvalue weighted by atomic mass is 9.95. The summed E-state index contributed by atoms with van der Waals surface area (Å²) in [4.78, 5) is 33.6. The third-order valence-electron chi connectivity index (χ3n) is 6.43. The molecule has 7 nitrogen and oxygen atoms in total. The van der Waals surface area contributed by atoms with Crippen LogP contribution in [0, 0.1) is 6.92 Å². The maximum atomic E-state index is 13.4. The van der Waals surface area contributed by atoms with Gasteiger partial charge in [0.05, 0.1) is 0 Å². The molecule has 0 atom stereocenters. The zero-order valence-corrected chi connectivity index (χ0v) is 19.9. The van der Waals surface area contributed by atoms with Crippen LogP contribution in [0.2, 0.25) is 0 Å². The van der Waals surface area contributed by atoms with Crippen molar-refractivity contribution in [1.29, 1.82) is 0 Å². The minimum absolute atomic E-state index is 0.0491. The molecule has 1 saturated heterocycles. The number of pyridine rings is 1. The number of aromatic nitrogens is 2. The first kappa shape index (κ1) is 22.9. The van der Waals surface area contributed by atoms with Crippen molar-refractivity contribution in [2.24, 2.45) is 0 Å². The van der Waals surface area contributed by atoms with Gasteiger partial charge in [-0.15, -0.1) is 0 Å². The average Bonchev–Trinajstić information content (AvgIpc) is 3.33. The number of aryl methyl sites for hydroxylation is 1. The zero-order valence-electron chi connectivity index (χ0n) is 19.9. The van der Waals surface area contributed by atoms with Crippen LogP contribution < -0.4 is 15.8 Å². The molecule has 0 unspecified atom stereocenters. The molecule has 0 aliphatic carbocycles. The number of H-pyrrole nitrogens is 1. The normalized spacial score (nSPS) is 14.4. The van der Waals surface area contributed by atoms with Crippen LogP contribution in [0.5, 0.6) is 0 Å². The highest BCUT2D eigenvalue weighted by molar-refractivity contribution is 6.02. The van der Waals surface area contributed by atoms with Gasteiger partial charge in [0.15, 0.2) is 0 Å². The van der Waals surface area contributed by atoms with Crippen molar-refractivity contribution in [1.82, 2.24) is 19.8 Å². The molecule has 0 radical (unpaired) electrons. The number of piperazine rings is 1. The summed E-state index contributed by atoms with van der Waals surface area (Å²) in [6, 6.07) is 5.95. The molecule has 0 saturated carbocycles. The maximum absolute atomic E-state index is 13.4. The van der Waals surface area contributed by atoms with Gasteiger partial charge in [-0.25, -0.2) is 0 Å². The van der Waals surface area contributed by atoms with E-state index in [0.29, 0.717) is 30.7 Å². The van der Waals surface area contributed by atoms with Gasteiger partial charge in [0.25, 0.3) is 11.5 Å². The molecule has 7 heteroatoms. The van der Waals surface area contributed by atoms with Crippen LogP contribution in [-0.4, -0.2) is 60.1 Å². The van der Waals surface area contributed by atoms with Crippen molar-refractivity contribution >= 4 is 22.5 Å². The summed E-state index contributed by atoms with van der Waals surface area (Å²) < 4.78 is 1.73. The quantitative estimate of drug-likeness (QED) is 0.568. The number of hydrogen-bond donors (Lipinski definition) is 2. The molecule has 3 heterocycles. The largest absolute Gasteiger partial charge is 0.374 e. The van der Waals surface area contributed by atoms with Gasteiger partial charge in [-0.3, -0.25) is 9.59 Å². The molecule has 2 aromatic heterocycles. The van der Waals surface area contributed by atoms with Crippen molar-refractivity contribution in [3.63, 3.8) is 0 Å². The number of benzene rings is 1. The van der Waals surface area contributed by atoms with E-state index in [1.165, 1.54) is 0 Å². The molecule has 3 aromatic rings. The van der Waals surface area contributed by atoms with Gasteiger partial charge in [0, 0.05) is 86.5 Å². The predicted molar refractivity (Wildman–Crippen MR) is 135 cm³/mol. The van der Waals surface area contributed by atoms with E-state index in [9.17, 15) is 9.59 Å². The van der Waals surface area contributed by atoms with Gasteiger partial charge in [-0.2, -0.15) is 0 Å². The smallest absolute Gasteiger partial charge is 0.275 e. The number of nitrogens with zero attached hydrogens (tertiary/aromatic N) is 3. The van der Waals surface area contributed by atoms with Gasteiger partial charge in [0.1, 0.15) is 5.52 Å². The number of amides is 1. The molecular formula is C26H33N5O2. The minimum atomic E-state index is -0.0491. The highest BCUT2D eigenvalue weighted by atomic mass is 16.2. The van der Waals surface area contributed by atoms with E-state index in [1.54, 1.807) is 10.8 Å². The van der Waals surface area contributed by atoms with Gasteiger partial charge < -0.3 is 24.7 Å². The Kier molecular flexibility index (Phi) is 6.70. The van der Waals surface area contributed by atoms with Crippen LogP contribution in [0.4, 0.5) is 5.69 Å². The lowest BCUT2D eigenvalue weighted by Crippen LogP contribution is -2.46. The van der Waals surface area contributed by atoms with Gasteiger partial charge in [-0.1, -0.05) is 12.2 Å². The van der Waals surface area contributed by atoms with Crippen molar-refractivity contribution < 1.29 is 4.79 Å². The van der Waals surface area contributed by atoms with Crippen LogP contribution in [0.3, 0.4) is 0 Å². The fraction of sp³-hybridized carbons (Fsp3) is 0.385. The summed E-state index contributed by atoms with van der Waals surface area (Å²) in [5.74, 6) is 0.0547. The second-order valence-electron chi connectivity index (χ2n) is 8.58. The number of anilines is 1. The first-order valence-electron chi connectivity index (χ1n) is 11.6. The topological polar surface area (TPSA) is 73.4 Å². The third kappa shape index (κ3) is 4.33. The molecule has 33 heavy (non-hydrogen) atoms. The van der Waals surface area contributed by atoms with E-state index in [1.807, 2.05) is 48.4 Å². The average molecular weight is 448 g/mol. The molecular weight excluding hydrogens is 414 g/mol. The number of carbonyl (C=O) groups is 1. The Hall–Kier alpha value is -3.32. The second kappa shape index (κ2) is 9.67. The number of carbonyl (C=O) groups excluding carboxylic acids is 1. The molecule has 1 aliphatic rings. The number of hydrogen-bond acceptors (Lipinski definition) is 4. The highest BCUT2D eigenvalue weighted by Crippen LogP contribution is 2.38. The summed E-state index contributed by atoms with van der Waals surface area (Å²) in [5.41, 5.74) is 5.26. The Morgan fingerprint density at radius 3 is 2.67 bits per heavy atom. The second-order valence-corrected chi connectivity index (χ2v) is 8.58. The SMILES string of the molecule is C/C=C/Cn1cc(-c2cc(C(=O)N3CCNCC3)cc(C)c2N(C)CC)c2cc[nH]c2c1=O. The van der Waals surface area contributed by atoms with E-state index < -0.39 is 0 Å². The summed E-state index contributed by atoms with van der Waals surface area (Å²) in [6.07, 6.45) is 7.65.